The first kappa shape index (κ1) is 16.8. The van der Waals surface area contributed by atoms with Gasteiger partial charge in [-0.05, 0) is 30.4 Å². The number of hydrogen-bond donors (Lipinski definition) is 3. The number of amides is 2. The van der Waals surface area contributed by atoms with Crippen molar-refractivity contribution in [2.45, 2.75) is 39.2 Å². The van der Waals surface area contributed by atoms with Crippen LogP contribution >= 0.6 is 0 Å². The molecule has 0 spiro atoms. The summed E-state index contributed by atoms with van der Waals surface area (Å²) in [6, 6.07) is 4.28. The third-order valence-corrected chi connectivity index (χ3v) is 3.17. The van der Waals surface area contributed by atoms with E-state index in [2.05, 4.69) is 17.2 Å². The van der Waals surface area contributed by atoms with Crippen molar-refractivity contribution >= 4 is 17.7 Å². The van der Waals surface area contributed by atoms with E-state index in [-0.39, 0.29) is 12.3 Å². The van der Waals surface area contributed by atoms with Crippen molar-refractivity contribution in [3.63, 3.8) is 0 Å². The number of anilines is 1. The maximum atomic E-state index is 12.0. The van der Waals surface area contributed by atoms with Crippen LogP contribution in [0.15, 0.2) is 30.9 Å². The van der Waals surface area contributed by atoms with Gasteiger partial charge in [-0.2, -0.15) is 0 Å². The predicted molar refractivity (Wildman–Crippen MR) is 83.7 cm³/mol. The molecule has 3 N–H and O–H groups in total. The van der Waals surface area contributed by atoms with E-state index >= 15 is 0 Å². The summed E-state index contributed by atoms with van der Waals surface area (Å²) in [6.45, 7) is 9.47. The minimum absolute atomic E-state index is 0.174. The summed E-state index contributed by atoms with van der Waals surface area (Å²) in [5.74, 6) is -0.831. The Morgan fingerprint density at radius 1 is 1.38 bits per heavy atom. The molecule has 0 heterocycles. The molecule has 0 saturated carbocycles. The van der Waals surface area contributed by atoms with E-state index < -0.39 is 18.0 Å². The number of carbonyl (C=O) groups is 2. The lowest BCUT2D eigenvalue weighted by atomic mass is 9.98. The smallest absolute Gasteiger partial charge is 0.326 e. The Morgan fingerprint density at radius 3 is 2.57 bits per heavy atom. The highest BCUT2D eigenvalue weighted by molar-refractivity contribution is 5.93. The zero-order valence-corrected chi connectivity index (χ0v) is 12.6. The van der Waals surface area contributed by atoms with Gasteiger partial charge in [-0.3, -0.25) is 0 Å². The van der Waals surface area contributed by atoms with Crippen molar-refractivity contribution < 1.29 is 14.7 Å². The van der Waals surface area contributed by atoms with Gasteiger partial charge in [-0.25, -0.2) is 9.59 Å². The summed E-state index contributed by atoms with van der Waals surface area (Å²) in [6.07, 6.45) is 1.64. The molecule has 0 saturated heterocycles. The predicted octanol–water partition coefficient (Wildman–Crippen LogP) is 3.27. The maximum Gasteiger partial charge on any atom is 0.326 e. The molecule has 0 aliphatic heterocycles. The maximum absolute atomic E-state index is 12.0. The first-order chi connectivity index (χ1) is 9.86. The molecule has 1 rings (SSSR count). The molecular weight excluding hydrogens is 268 g/mol. The van der Waals surface area contributed by atoms with Crippen LogP contribution in [0.1, 0.15) is 37.3 Å². The highest BCUT2D eigenvalue weighted by Gasteiger charge is 2.19. The molecule has 1 aromatic rings. The van der Waals surface area contributed by atoms with Crippen LogP contribution in [0.25, 0.3) is 0 Å². The van der Waals surface area contributed by atoms with E-state index in [1.807, 2.05) is 39.0 Å². The quantitative estimate of drug-likeness (QED) is 0.704. The van der Waals surface area contributed by atoms with Crippen LogP contribution in [-0.4, -0.2) is 23.1 Å². The summed E-state index contributed by atoms with van der Waals surface area (Å²) < 4.78 is 0. The lowest BCUT2D eigenvalue weighted by molar-refractivity contribution is -0.139. The second-order valence-electron chi connectivity index (χ2n) is 5.21. The van der Waals surface area contributed by atoms with Gasteiger partial charge in [0.15, 0.2) is 0 Å². The minimum Gasteiger partial charge on any atom is -0.480 e. The SMILES string of the molecule is C=CCC(NC(=O)Nc1c(C)cccc1C(C)C)C(=O)O. The van der Waals surface area contributed by atoms with Gasteiger partial charge in [-0.15, -0.1) is 6.58 Å². The van der Waals surface area contributed by atoms with Crippen LogP contribution in [0, 0.1) is 6.92 Å². The fourth-order valence-electron chi connectivity index (χ4n) is 2.04. The molecule has 5 nitrogen and oxygen atoms in total. The van der Waals surface area contributed by atoms with Crippen LogP contribution < -0.4 is 10.6 Å². The van der Waals surface area contributed by atoms with Gasteiger partial charge in [-0.1, -0.05) is 38.1 Å². The minimum atomic E-state index is -1.08. The van der Waals surface area contributed by atoms with Gasteiger partial charge >= 0.3 is 12.0 Å². The van der Waals surface area contributed by atoms with Crippen LogP contribution in [0.4, 0.5) is 10.5 Å². The Morgan fingerprint density at radius 2 is 2.05 bits per heavy atom. The zero-order chi connectivity index (χ0) is 16.0. The Balaban J connectivity index is 2.88. The van der Waals surface area contributed by atoms with Gasteiger partial charge in [0.1, 0.15) is 6.04 Å². The number of rotatable bonds is 6. The Labute approximate surface area is 125 Å². The van der Waals surface area contributed by atoms with Gasteiger partial charge in [0.05, 0.1) is 0 Å². The second kappa shape index (κ2) is 7.47. The molecule has 0 radical (unpaired) electrons. The highest BCUT2D eigenvalue weighted by Crippen LogP contribution is 2.27. The van der Waals surface area contributed by atoms with E-state index in [0.29, 0.717) is 0 Å². The molecule has 1 aromatic carbocycles. The van der Waals surface area contributed by atoms with Crippen LogP contribution in [0.5, 0.6) is 0 Å². The fraction of sp³-hybridized carbons (Fsp3) is 0.375. The molecule has 21 heavy (non-hydrogen) atoms. The zero-order valence-electron chi connectivity index (χ0n) is 12.6. The van der Waals surface area contributed by atoms with Gasteiger partial charge in [0.25, 0.3) is 0 Å². The molecule has 0 bridgehead atoms. The molecule has 114 valence electrons. The summed E-state index contributed by atoms with van der Waals surface area (Å²) in [4.78, 5) is 23.0. The molecule has 1 unspecified atom stereocenters. The summed E-state index contributed by atoms with van der Waals surface area (Å²) in [5.41, 5.74) is 2.68. The molecule has 0 aliphatic rings. The first-order valence-electron chi connectivity index (χ1n) is 6.87. The lowest BCUT2D eigenvalue weighted by Gasteiger charge is -2.18. The van der Waals surface area contributed by atoms with Gasteiger partial charge < -0.3 is 15.7 Å². The fourth-order valence-corrected chi connectivity index (χ4v) is 2.04. The van der Waals surface area contributed by atoms with Crippen molar-refractivity contribution in [1.82, 2.24) is 5.32 Å². The summed E-state index contributed by atoms with van der Waals surface area (Å²) in [7, 11) is 0. The summed E-state index contributed by atoms with van der Waals surface area (Å²) in [5, 5.41) is 14.2. The number of aryl methyl sites for hydroxylation is 1. The van der Waals surface area contributed by atoms with Crippen molar-refractivity contribution in [1.29, 1.82) is 0 Å². The van der Waals surface area contributed by atoms with E-state index in [1.165, 1.54) is 6.08 Å². The van der Waals surface area contributed by atoms with E-state index in [4.69, 9.17) is 5.11 Å². The number of aliphatic carboxylic acids is 1. The third kappa shape index (κ3) is 4.63. The van der Waals surface area contributed by atoms with Crippen molar-refractivity contribution in [2.75, 3.05) is 5.32 Å². The molecule has 0 fully saturated rings. The van der Waals surface area contributed by atoms with Crippen molar-refractivity contribution in [3.05, 3.63) is 42.0 Å². The monoisotopic (exact) mass is 290 g/mol. The van der Waals surface area contributed by atoms with E-state index in [0.717, 1.165) is 16.8 Å². The number of hydrogen-bond acceptors (Lipinski definition) is 2. The molecule has 5 heteroatoms. The van der Waals surface area contributed by atoms with Gasteiger partial charge in [0.2, 0.25) is 0 Å². The Kier molecular flexibility index (Phi) is 5.96. The average Bonchev–Trinajstić information content (AvgIpc) is 2.40. The molecular formula is C16H22N2O3. The number of carbonyl (C=O) groups excluding carboxylic acids is 1. The number of carboxylic acids is 1. The van der Waals surface area contributed by atoms with E-state index in [9.17, 15) is 9.59 Å². The number of carboxylic acid groups (broad SMARTS) is 1. The topological polar surface area (TPSA) is 78.4 Å². The first-order valence-corrected chi connectivity index (χ1v) is 6.87. The van der Waals surface area contributed by atoms with Crippen LogP contribution in [-0.2, 0) is 4.79 Å². The largest absolute Gasteiger partial charge is 0.480 e. The molecule has 1 atom stereocenters. The number of nitrogens with one attached hydrogen (secondary N) is 2. The molecule has 0 aromatic heterocycles. The molecule has 0 aliphatic carbocycles. The lowest BCUT2D eigenvalue weighted by Crippen LogP contribution is -2.42. The average molecular weight is 290 g/mol. The van der Waals surface area contributed by atoms with Gasteiger partial charge in [0, 0.05) is 5.69 Å². The highest BCUT2D eigenvalue weighted by atomic mass is 16.4. The number of urea groups is 1. The second-order valence-corrected chi connectivity index (χ2v) is 5.21. The normalized spacial score (nSPS) is 11.8. The van der Waals surface area contributed by atoms with Crippen molar-refractivity contribution in [3.8, 4) is 0 Å². The summed E-state index contributed by atoms with van der Waals surface area (Å²) >= 11 is 0. The van der Waals surface area contributed by atoms with E-state index in [1.54, 1.807) is 0 Å². The number of para-hydroxylation sites is 1. The van der Waals surface area contributed by atoms with Crippen molar-refractivity contribution in [2.24, 2.45) is 0 Å². The van der Waals surface area contributed by atoms with Crippen LogP contribution in [0.2, 0.25) is 0 Å². The third-order valence-electron chi connectivity index (χ3n) is 3.17. The Bertz CT molecular complexity index is 538. The number of benzene rings is 1. The Hall–Kier alpha value is -2.30. The standard InChI is InChI=1S/C16H22N2O3/c1-5-7-13(15(19)20)17-16(21)18-14-11(4)8-6-9-12(14)10(2)3/h5-6,8-10,13H,1,7H2,2-4H3,(H,19,20)(H2,17,18,21). The van der Waals surface area contributed by atoms with Crippen LogP contribution in [0.3, 0.4) is 0 Å². The molecule has 2 amide bonds.